The fourth-order valence-corrected chi connectivity index (χ4v) is 1.65. The van der Waals surface area contributed by atoms with Crippen LogP contribution < -0.4 is 5.73 Å². The highest BCUT2D eigenvalue weighted by molar-refractivity contribution is 6.30. The maximum absolute atomic E-state index is 11.7. The number of nitrogen functional groups attached to an aromatic ring is 1. The molecule has 6 heteroatoms. The molecule has 0 unspecified atom stereocenters. The van der Waals surface area contributed by atoms with Gasteiger partial charge in [-0.1, -0.05) is 11.6 Å². The minimum atomic E-state index is -0.449. The number of carbonyl (C=O) groups excluding carboxylic acids is 1. The molecule has 2 rings (SSSR count). The molecule has 0 aliphatic heterocycles. The largest absolute Gasteiger partial charge is 0.462 e. The molecule has 18 heavy (non-hydrogen) atoms. The number of rotatable bonds is 3. The van der Waals surface area contributed by atoms with E-state index in [1.54, 1.807) is 36.0 Å². The van der Waals surface area contributed by atoms with Gasteiger partial charge >= 0.3 is 5.97 Å². The summed E-state index contributed by atoms with van der Waals surface area (Å²) >= 11 is 5.79. The fraction of sp³-hybridized carbons (Fsp3) is 0.167. The number of hydrogen-bond acceptors (Lipinski definition) is 4. The predicted molar refractivity (Wildman–Crippen MR) is 68.9 cm³/mol. The monoisotopic (exact) mass is 265 g/mol. The van der Waals surface area contributed by atoms with Crippen LogP contribution in [0.3, 0.4) is 0 Å². The van der Waals surface area contributed by atoms with Gasteiger partial charge in [-0.25, -0.2) is 9.48 Å². The number of aromatic nitrogens is 2. The van der Waals surface area contributed by atoms with E-state index < -0.39 is 5.97 Å². The first-order valence-corrected chi connectivity index (χ1v) is 5.77. The van der Waals surface area contributed by atoms with Crippen molar-refractivity contribution in [3.05, 3.63) is 41.2 Å². The van der Waals surface area contributed by atoms with Crippen molar-refractivity contribution in [3.63, 3.8) is 0 Å². The molecule has 1 heterocycles. The van der Waals surface area contributed by atoms with Gasteiger partial charge in [0.25, 0.3) is 0 Å². The van der Waals surface area contributed by atoms with Crippen LogP contribution >= 0.6 is 11.6 Å². The first kappa shape index (κ1) is 12.4. The molecule has 0 aliphatic rings. The highest BCUT2D eigenvalue weighted by atomic mass is 35.5. The van der Waals surface area contributed by atoms with Crippen molar-refractivity contribution in [1.29, 1.82) is 0 Å². The third-order valence-electron chi connectivity index (χ3n) is 2.35. The second-order valence-corrected chi connectivity index (χ2v) is 4.03. The number of carbonyl (C=O) groups is 1. The molecule has 0 aliphatic carbocycles. The van der Waals surface area contributed by atoms with Gasteiger partial charge in [-0.2, -0.15) is 5.10 Å². The molecule has 0 amide bonds. The van der Waals surface area contributed by atoms with Crippen LogP contribution in [0.4, 0.5) is 5.69 Å². The van der Waals surface area contributed by atoms with Gasteiger partial charge in [0, 0.05) is 11.9 Å². The molecule has 5 nitrogen and oxygen atoms in total. The number of hydrogen-bond donors (Lipinski definition) is 1. The van der Waals surface area contributed by atoms with E-state index in [9.17, 15) is 4.79 Å². The van der Waals surface area contributed by atoms with Crippen molar-refractivity contribution in [1.82, 2.24) is 9.78 Å². The van der Waals surface area contributed by atoms with Gasteiger partial charge in [0.15, 0.2) is 0 Å². The average Bonchev–Trinajstić information content (AvgIpc) is 2.77. The summed E-state index contributed by atoms with van der Waals surface area (Å²) in [7, 11) is 0. The number of esters is 1. The van der Waals surface area contributed by atoms with Gasteiger partial charge in [-0.3, -0.25) is 0 Å². The molecule has 1 aromatic carbocycles. The molecular formula is C12H12ClN3O2. The van der Waals surface area contributed by atoms with E-state index in [-0.39, 0.29) is 0 Å². The minimum absolute atomic E-state index is 0.302. The Morgan fingerprint density at radius 3 is 2.94 bits per heavy atom. The van der Waals surface area contributed by atoms with Crippen LogP contribution in [-0.2, 0) is 4.74 Å². The van der Waals surface area contributed by atoms with Crippen molar-refractivity contribution in [2.45, 2.75) is 6.92 Å². The van der Waals surface area contributed by atoms with Gasteiger partial charge in [0.2, 0.25) is 0 Å². The SMILES string of the molecule is CCOC(=O)c1cc(-n2cc(Cl)cn2)ccc1N. The molecule has 2 N–H and O–H groups in total. The first-order chi connectivity index (χ1) is 8.61. The quantitative estimate of drug-likeness (QED) is 0.683. The van der Waals surface area contributed by atoms with E-state index in [0.717, 1.165) is 0 Å². The maximum Gasteiger partial charge on any atom is 0.340 e. The predicted octanol–water partition coefficient (Wildman–Crippen LogP) is 2.28. The summed E-state index contributed by atoms with van der Waals surface area (Å²) in [6.07, 6.45) is 3.16. The smallest absolute Gasteiger partial charge is 0.340 e. The standard InChI is InChI=1S/C12H12ClN3O2/c1-2-18-12(17)10-5-9(3-4-11(10)14)16-7-8(13)6-15-16/h3-7H,2,14H2,1H3. The zero-order chi connectivity index (χ0) is 13.1. The lowest BCUT2D eigenvalue weighted by Gasteiger charge is -2.08. The van der Waals surface area contributed by atoms with E-state index in [1.165, 1.54) is 6.20 Å². The van der Waals surface area contributed by atoms with Crippen LogP contribution in [0.5, 0.6) is 0 Å². The lowest BCUT2D eigenvalue weighted by atomic mass is 10.1. The Balaban J connectivity index is 2.40. The van der Waals surface area contributed by atoms with E-state index in [4.69, 9.17) is 22.1 Å². The van der Waals surface area contributed by atoms with Crippen LogP contribution in [0.1, 0.15) is 17.3 Å². The summed E-state index contributed by atoms with van der Waals surface area (Å²) in [5.74, 6) is -0.449. The number of nitrogens with zero attached hydrogens (tertiary/aromatic N) is 2. The number of benzene rings is 1. The molecule has 2 aromatic rings. The van der Waals surface area contributed by atoms with Crippen LogP contribution in [0.2, 0.25) is 5.02 Å². The minimum Gasteiger partial charge on any atom is -0.462 e. The first-order valence-electron chi connectivity index (χ1n) is 5.39. The Hall–Kier alpha value is -2.01. The second kappa shape index (κ2) is 5.10. The zero-order valence-electron chi connectivity index (χ0n) is 9.76. The van der Waals surface area contributed by atoms with E-state index in [1.807, 2.05) is 0 Å². The third-order valence-corrected chi connectivity index (χ3v) is 2.54. The van der Waals surface area contributed by atoms with Gasteiger partial charge in [0.05, 0.1) is 29.1 Å². The van der Waals surface area contributed by atoms with Crippen molar-refractivity contribution >= 4 is 23.3 Å². The van der Waals surface area contributed by atoms with Gasteiger partial charge in [-0.15, -0.1) is 0 Å². The second-order valence-electron chi connectivity index (χ2n) is 3.60. The average molecular weight is 266 g/mol. The van der Waals surface area contributed by atoms with Crippen molar-refractivity contribution in [2.24, 2.45) is 0 Å². The molecule has 0 saturated heterocycles. The summed E-state index contributed by atoms with van der Waals surface area (Å²) in [4.78, 5) is 11.7. The molecular weight excluding hydrogens is 254 g/mol. The molecule has 94 valence electrons. The van der Waals surface area contributed by atoms with Gasteiger partial charge in [-0.05, 0) is 25.1 Å². The summed E-state index contributed by atoms with van der Waals surface area (Å²) in [6, 6.07) is 5.01. The molecule has 0 bridgehead atoms. The Morgan fingerprint density at radius 1 is 1.56 bits per heavy atom. The molecule has 0 fully saturated rings. The number of anilines is 1. The third kappa shape index (κ3) is 2.46. The van der Waals surface area contributed by atoms with Crippen molar-refractivity contribution < 1.29 is 9.53 Å². The number of halogens is 1. The highest BCUT2D eigenvalue weighted by Crippen LogP contribution is 2.19. The molecule has 0 radical (unpaired) electrons. The Labute approximate surface area is 109 Å². The molecule has 0 spiro atoms. The zero-order valence-corrected chi connectivity index (χ0v) is 10.5. The normalized spacial score (nSPS) is 10.3. The summed E-state index contributed by atoms with van der Waals surface area (Å²) in [5.41, 5.74) is 7.13. The molecule has 0 saturated carbocycles. The van der Waals surface area contributed by atoms with E-state index in [2.05, 4.69) is 5.10 Å². The lowest BCUT2D eigenvalue weighted by molar-refractivity contribution is 0.0527. The maximum atomic E-state index is 11.7. The van der Waals surface area contributed by atoms with Gasteiger partial charge < -0.3 is 10.5 Å². The van der Waals surface area contributed by atoms with E-state index >= 15 is 0 Å². The summed E-state index contributed by atoms with van der Waals surface area (Å²) in [5, 5.41) is 4.57. The van der Waals surface area contributed by atoms with E-state index in [0.29, 0.717) is 28.6 Å². The van der Waals surface area contributed by atoms with Gasteiger partial charge in [0.1, 0.15) is 0 Å². The Kier molecular flexibility index (Phi) is 3.53. The summed E-state index contributed by atoms with van der Waals surface area (Å²) < 4.78 is 6.49. The van der Waals surface area contributed by atoms with Crippen LogP contribution in [0.15, 0.2) is 30.6 Å². The highest BCUT2D eigenvalue weighted by Gasteiger charge is 2.12. The Bertz CT molecular complexity index is 580. The number of ether oxygens (including phenoxy) is 1. The Morgan fingerprint density at radius 2 is 2.33 bits per heavy atom. The van der Waals surface area contributed by atoms with Crippen LogP contribution in [0.25, 0.3) is 5.69 Å². The van der Waals surface area contributed by atoms with Crippen LogP contribution in [-0.4, -0.2) is 22.4 Å². The van der Waals surface area contributed by atoms with Crippen molar-refractivity contribution in [2.75, 3.05) is 12.3 Å². The van der Waals surface area contributed by atoms with Crippen molar-refractivity contribution in [3.8, 4) is 5.69 Å². The summed E-state index contributed by atoms with van der Waals surface area (Å²) in [6.45, 7) is 2.04. The molecule has 0 atom stereocenters. The van der Waals surface area contributed by atoms with Crippen LogP contribution in [0, 0.1) is 0 Å². The number of nitrogens with two attached hydrogens (primary N) is 1. The topological polar surface area (TPSA) is 70.1 Å². The lowest BCUT2D eigenvalue weighted by Crippen LogP contribution is -2.09. The molecule has 1 aromatic heterocycles. The fourth-order valence-electron chi connectivity index (χ4n) is 1.51.